The molecule has 6 aliphatic rings. The van der Waals surface area contributed by atoms with Gasteiger partial charge in [-0.15, -0.1) is 0 Å². The van der Waals surface area contributed by atoms with Crippen LogP contribution in [0.3, 0.4) is 0 Å². The summed E-state index contributed by atoms with van der Waals surface area (Å²) in [5.41, 5.74) is 11.4. The molecule has 6 heteroatoms. The molecule has 1 saturated heterocycles. The topological polar surface area (TPSA) is 47.8 Å². The number of amides is 1. The van der Waals surface area contributed by atoms with Crippen molar-refractivity contribution in [1.29, 1.82) is 0 Å². The number of piperazine rings is 1. The fourth-order valence-electron chi connectivity index (χ4n) is 8.73. The Bertz CT molecular complexity index is 1780. The van der Waals surface area contributed by atoms with Gasteiger partial charge in [-0.1, -0.05) is 18.2 Å². The average Bonchev–Trinajstić information content (AvgIpc) is 3.05. The van der Waals surface area contributed by atoms with Crippen molar-refractivity contribution in [3.8, 4) is 11.5 Å². The molecule has 6 nitrogen and oxygen atoms in total. The Labute approximate surface area is 247 Å². The molecule has 6 heterocycles. The number of benzene rings is 3. The zero-order chi connectivity index (χ0) is 27.8. The van der Waals surface area contributed by atoms with E-state index in [-0.39, 0.29) is 5.91 Å². The highest BCUT2D eigenvalue weighted by atomic mass is 16.5. The molecule has 0 radical (unpaired) electrons. The Morgan fingerprint density at radius 2 is 1.55 bits per heavy atom. The number of hydrogen-bond acceptors (Lipinski definition) is 4. The zero-order valence-corrected chi connectivity index (χ0v) is 24.4. The molecular weight excluding hydrogens is 520 g/mol. The molecule has 3 aromatic rings. The minimum atomic E-state index is 0.144. The van der Waals surface area contributed by atoms with E-state index in [1.165, 1.54) is 62.5 Å². The average molecular weight is 560 g/mol. The van der Waals surface area contributed by atoms with Crippen LogP contribution in [0, 0.1) is 0 Å². The number of carbonyl (C=O) groups is 1. The summed E-state index contributed by atoms with van der Waals surface area (Å²) in [5.74, 6) is 2.25. The molecule has 0 unspecified atom stereocenters. The summed E-state index contributed by atoms with van der Waals surface area (Å²) in [6.07, 6.45) is 9.05. The van der Waals surface area contributed by atoms with Crippen molar-refractivity contribution in [3.05, 3.63) is 85.9 Å². The van der Waals surface area contributed by atoms with Gasteiger partial charge in [0, 0.05) is 90.8 Å². The maximum Gasteiger partial charge on any atom is 0.254 e. The predicted molar refractivity (Wildman–Crippen MR) is 166 cm³/mol. The third kappa shape index (κ3) is 3.67. The number of nitrogens with zero attached hydrogens (tertiary/aromatic N) is 3. The summed E-state index contributed by atoms with van der Waals surface area (Å²) in [6, 6.07) is 13.3. The maximum absolute atomic E-state index is 14.1. The smallest absolute Gasteiger partial charge is 0.254 e. The summed E-state index contributed by atoms with van der Waals surface area (Å²) in [5, 5.41) is 6.03. The molecule has 1 fully saturated rings. The van der Waals surface area contributed by atoms with E-state index in [1.807, 2.05) is 11.0 Å². The van der Waals surface area contributed by atoms with Crippen LogP contribution >= 0.6 is 0 Å². The van der Waals surface area contributed by atoms with Gasteiger partial charge in [0.05, 0.1) is 5.56 Å². The number of hydrogen-bond donors (Lipinski definition) is 1. The zero-order valence-electron chi connectivity index (χ0n) is 24.4. The fraction of sp³-hybridized carbons (Fsp3) is 0.444. The highest BCUT2D eigenvalue weighted by molar-refractivity contribution is 6.02. The highest BCUT2D eigenvalue weighted by Crippen LogP contribution is 2.48. The van der Waals surface area contributed by atoms with E-state index >= 15 is 0 Å². The number of fused-ring (bicyclic) bond motifs is 4. The van der Waals surface area contributed by atoms with E-state index in [4.69, 9.17) is 4.74 Å². The molecule has 6 aliphatic heterocycles. The van der Waals surface area contributed by atoms with Crippen molar-refractivity contribution in [2.24, 2.45) is 0 Å². The van der Waals surface area contributed by atoms with Gasteiger partial charge in [-0.25, -0.2) is 4.58 Å². The Morgan fingerprint density at radius 3 is 2.43 bits per heavy atom. The SMILES string of the molecule is O=C(c1ccccc1C1=c2cc3c4c(c2Oc2c1cc1c5c2CCCN5CCC1)CCC[N+]=4CCC3)N1CCNCC1. The number of nitrogens with one attached hydrogen (secondary N) is 1. The standard InChI is InChI=1S/C36H39N4O2/c41-36(40-19-13-37-14-20-40)26-10-2-1-9-25(26)31-29-21-23-7-3-15-38-17-5-11-27(32(23)38)34(29)42-35-28-12-6-18-39-16-4-8-24(33(28)39)22-30(31)35/h1-2,9-10,21-22,37H,3-8,11-20H2/q+1. The number of anilines is 1. The molecule has 1 N–H and O–H groups in total. The van der Waals surface area contributed by atoms with Crippen molar-refractivity contribution in [2.75, 3.05) is 57.3 Å². The largest absolute Gasteiger partial charge is 0.455 e. The monoisotopic (exact) mass is 559 g/mol. The predicted octanol–water partition coefficient (Wildman–Crippen LogP) is 3.17. The molecule has 214 valence electrons. The van der Waals surface area contributed by atoms with Crippen LogP contribution in [0.5, 0.6) is 11.5 Å². The Hall–Kier alpha value is -3.64. The first-order valence-corrected chi connectivity index (χ1v) is 16.3. The van der Waals surface area contributed by atoms with Crippen molar-refractivity contribution < 1.29 is 9.53 Å². The van der Waals surface area contributed by atoms with E-state index in [0.29, 0.717) is 0 Å². The molecule has 0 bridgehead atoms. The van der Waals surface area contributed by atoms with E-state index < -0.39 is 0 Å². The Balaban J connectivity index is 1.37. The van der Waals surface area contributed by atoms with E-state index in [2.05, 4.69) is 45.1 Å². The quantitative estimate of drug-likeness (QED) is 0.384. The lowest BCUT2D eigenvalue weighted by atomic mass is 9.81. The summed E-state index contributed by atoms with van der Waals surface area (Å²) >= 11 is 0. The van der Waals surface area contributed by atoms with Crippen LogP contribution in [0.1, 0.15) is 69.4 Å². The van der Waals surface area contributed by atoms with Crippen molar-refractivity contribution in [1.82, 2.24) is 14.8 Å². The lowest BCUT2D eigenvalue weighted by molar-refractivity contribution is 0.0735. The number of ether oxygens (including phenoxy) is 1. The fourth-order valence-corrected chi connectivity index (χ4v) is 8.73. The second-order valence-corrected chi connectivity index (χ2v) is 12.9. The van der Waals surface area contributed by atoms with Gasteiger partial charge in [-0.2, -0.15) is 0 Å². The highest BCUT2D eigenvalue weighted by Gasteiger charge is 2.36. The lowest BCUT2D eigenvalue weighted by Crippen LogP contribution is -2.46. The Morgan fingerprint density at radius 1 is 0.786 bits per heavy atom. The van der Waals surface area contributed by atoms with Crippen LogP contribution in [0.2, 0.25) is 0 Å². The first-order chi connectivity index (χ1) is 20.8. The molecule has 0 aliphatic carbocycles. The van der Waals surface area contributed by atoms with Gasteiger partial charge < -0.3 is 19.9 Å². The molecule has 1 amide bonds. The normalized spacial score (nSPS) is 20.3. The third-order valence-corrected chi connectivity index (χ3v) is 10.5. The van der Waals surface area contributed by atoms with Gasteiger partial charge in [0.1, 0.15) is 24.6 Å². The molecule has 9 rings (SSSR count). The van der Waals surface area contributed by atoms with Crippen molar-refractivity contribution in [2.45, 2.75) is 51.4 Å². The van der Waals surface area contributed by atoms with Crippen LogP contribution in [-0.2, 0) is 25.7 Å². The lowest BCUT2D eigenvalue weighted by Gasteiger charge is -2.39. The minimum absolute atomic E-state index is 0.144. The first kappa shape index (κ1) is 24.9. The first-order valence-electron chi connectivity index (χ1n) is 16.3. The summed E-state index contributed by atoms with van der Waals surface area (Å²) in [7, 11) is 0. The van der Waals surface area contributed by atoms with Gasteiger partial charge in [-0.05, 0) is 67.9 Å². The molecule has 0 atom stereocenters. The van der Waals surface area contributed by atoms with E-state index in [9.17, 15) is 4.79 Å². The second-order valence-electron chi connectivity index (χ2n) is 12.9. The van der Waals surface area contributed by atoms with Gasteiger partial charge in [0.2, 0.25) is 5.36 Å². The van der Waals surface area contributed by atoms with Crippen LogP contribution in [0.15, 0.2) is 36.4 Å². The third-order valence-electron chi connectivity index (χ3n) is 10.5. The maximum atomic E-state index is 14.1. The van der Waals surface area contributed by atoms with Gasteiger partial charge in [0.15, 0.2) is 0 Å². The number of rotatable bonds is 2. The van der Waals surface area contributed by atoms with Crippen LogP contribution < -0.4 is 30.1 Å². The van der Waals surface area contributed by atoms with Gasteiger partial charge >= 0.3 is 0 Å². The molecule has 3 aromatic carbocycles. The molecular formula is C36H39N4O2+. The molecule has 0 spiro atoms. The summed E-state index contributed by atoms with van der Waals surface area (Å²) in [6.45, 7) is 7.76. The van der Waals surface area contributed by atoms with Gasteiger partial charge in [-0.3, -0.25) is 4.79 Å². The number of carbonyl (C=O) groups excluding carboxylic acids is 1. The Kier molecular flexibility index (Phi) is 5.75. The van der Waals surface area contributed by atoms with Crippen LogP contribution in [-0.4, -0.2) is 63.2 Å². The second kappa shape index (κ2) is 9.70. The minimum Gasteiger partial charge on any atom is -0.455 e. The van der Waals surface area contributed by atoms with Crippen LogP contribution in [0.25, 0.3) is 5.57 Å². The molecule has 42 heavy (non-hydrogen) atoms. The number of aryl methyl sites for hydroxylation is 2. The summed E-state index contributed by atoms with van der Waals surface area (Å²) < 4.78 is 9.82. The molecule has 0 aromatic heterocycles. The van der Waals surface area contributed by atoms with Crippen molar-refractivity contribution >= 4 is 17.2 Å². The van der Waals surface area contributed by atoms with Gasteiger partial charge in [0.25, 0.3) is 5.91 Å². The van der Waals surface area contributed by atoms with Crippen molar-refractivity contribution in [3.63, 3.8) is 0 Å². The molecule has 0 saturated carbocycles. The van der Waals surface area contributed by atoms with E-state index in [0.717, 1.165) is 114 Å². The van der Waals surface area contributed by atoms with E-state index in [1.54, 1.807) is 0 Å². The van der Waals surface area contributed by atoms with Crippen LogP contribution in [0.4, 0.5) is 5.69 Å². The summed E-state index contributed by atoms with van der Waals surface area (Å²) in [4.78, 5) is 18.8.